The predicted octanol–water partition coefficient (Wildman–Crippen LogP) is 6.20. The zero-order valence-corrected chi connectivity index (χ0v) is 16.2. The molecule has 1 aromatic heterocycles. The van der Waals surface area contributed by atoms with E-state index in [-0.39, 0.29) is 5.91 Å². The molecule has 3 rings (SSSR count). The molecule has 1 amide bonds. The maximum atomic E-state index is 11.9. The van der Waals surface area contributed by atoms with Crippen molar-refractivity contribution in [3.8, 4) is 11.3 Å². The summed E-state index contributed by atoms with van der Waals surface area (Å²) in [5, 5.41) is 6.93. The number of anilines is 2. The molecule has 0 radical (unpaired) electrons. The van der Waals surface area contributed by atoms with Crippen molar-refractivity contribution >= 4 is 28.9 Å². The first-order valence-electron chi connectivity index (χ1n) is 8.98. The summed E-state index contributed by atoms with van der Waals surface area (Å²) in [7, 11) is 0. The average molecular weight is 383 g/mol. The Morgan fingerprint density at radius 3 is 2.59 bits per heavy atom. The summed E-state index contributed by atoms with van der Waals surface area (Å²) in [5.74, 6) is 1.96. The molecule has 2 N–H and O–H groups in total. The van der Waals surface area contributed by atoms with E-state index in [1.54, 1.807) is 0 Å². The number of halogens is 1. The summed E-state index contributed by atoms with van der Waals surface area (Å²) in [6, 6.07) is 19.1. The third kappa shape index (κ3) is 5.63. The lowest BCUT2D eigenvalue weighted by Crippen LogP contribution is -2.13. The summed E-state index contributed by atoms with van der Waals surface area (Å²) in [6.45, 7) is 4.60. The van der Waals surface area contributed by atoms with E-state index in [2.05, 4.69) is 10.6 Å². The van der Waals surface area contributed by atoms with Crippen LogP contribution in [0.4, 0.5) is 11.4 Å². The topological polar surface area (TPSA) is 54.3 Å². The van der Waals surface area contributed by atoms with Gasteiger partial charge in [-0.2, -0.15) is 0 Å². The van der Waals surface area contributed by atoms with Crippen molar-refractivity contribution < 1.29 is 9.21 Å². The van der Waals surface area contributed by atoms with E-state index >= 15 is 0 Å². The Morgan fingerprint density at radius 1 is 1.04 bits per heavy atom. The fourth-order valence-corrected chi connectivity index (χ4v) is 2.94. The number of benzene rings is 2. The summed E-state index contributed by atoms with van der Waals surface area (Å²) in [4.78, 5) is 11.9. The van der Waals surface area contributed by atoms with Crippen LogP contribution in [-0.4, -0.2) is 5.91 Å². The number of hydrogen-bond acceptors (Lipinski definition) is 3. The highest BCUT2D eigenvalue weighted by molar-refractivity contribution is 6.30. The number of rotatable bonds is 7. The second kappa shape index (κ2) is 8.78. The minimum atomic E-state index is 0.0272. The Kier molecular flexibility index (Phi) is 6.20. The van der Waals surface area contributed by atoms with Crippen molar-refractivity contribution in [2.75, 3.05) is 10.6 Å². The third-order valence-electron chi connectivity index (χ3n) is 3.98. The third-order valence-corrected chi connectivity index (χ3v) is 4.21. The minimum absolute atomic E-state index is 0.0272. The quantitative estimate of drug-likeness (QED) is 0.511. The van der Waals surface area contributed by atoms with Gasteiger partial charge in [0.15, 0.2) is 0 Å². The Labute approximate surface area is 164 Å². The average Bonchev–Trinajstić information content (AvgIpc) is 3.08. The molecule has 0 saturated carbocycles. The molecule has 5 heteroatoms. The first kappa shape index (κ1) is 19.1. The molecule has 27 heavy (non-hydrogen) atoms. The Bertz CT molecular complexity index is 918. The van der Waals surface area contributed by atoms with Crippen LogP contribution in [0.2, 0.25) is 5.02 Å². The molecule has 0 aliphatic heterocycles. The molecule has 3 aromatic rings. The van der Waals surface area contributed by atoms with Crippen LogP contribution in [0.3, 0.4) is 0 Å². The van der Waals surface area contributed by atoms with E-state index in [0.717, 1.165) is 28.5 Å². The van der Waals surface area contributed by atoms with Crippen molar-refractivity contribution in [3.05, 3.63) is 71.4 Å². The maximum Gasteiger partial charge on any atom is 0.224 e. The number of carbonyl (C=O) groups is 1. The molecular weight excluding hydrogens is 360 g/mol. The van der Waals surface area contributed by atoms with Gasteiger partial charge in [0.1, 0.15) is 11.5 Å². The van der Waals surface area contributed by atoms with Crippen LogP contribution in [0.15, 0.2) is 65.1 Å². The molecular formula is C22H23ClN2O2. The van der Waals surface area contributed by atoms with Crippen LogP contribution >= 0.6 is 11.6 Å². The highest BCUT2D eigenvalue weighted by Gasteiger charge is 2.07. The molecule has 0 saturated heterocycles. The maximum absolute atomic E-state index is 11.9. The van der Waals surface area contributed by atoms with Gasteiger partial charge in [-0.25, -0.2) is 0 Å². The number of carbonyl (C=O) groups excluding carboxylic acids is 1. The molecule has 140 valence electrons. The van der Waals surface area contributed by atoms with Gasteiger partial charge in [0.2, 0.25) is 5.91 Å². The summed E-state index contributed by atoms with van der Waals surface area (Å²) < 4.78 is 5.89. The van der Waals surface area contributed by atoms with Gasteiger partial charge in [0.05, 0.1) is 6.54 Å². The van der Waals surface area contributed by atoms with E-state index in [1.165, 1.54) is 0 Å². The standard InChI is InChI=1S/C22H23ClN2O2/c1-15(2)11-22(26)25-19-8-4-7-18(13-19)24-14-20-9-10-21(27-20)16-5-3-6-17(23)12-16/h3-10,12-13,15,24H,11,14H2,1-2H3,(H,25,26). The highest BCUT2D eigenvalue weighted by Crippen LogP contribution is 2.25. The van der Waals surface area contributed by atoms with Crippen molar-refractivity contribution in [2.24, 2.45) is 5.92 Å². The fraction of sp³-hybridized carbons (Fsp3) is 0.227. The summed E-state index contributed by atoms with van der Waals surface area (Å²) in [6.07, 6.45) is 0.510. The van der Waals surface area contributed by atoms with Crippen LogP contribution in [0.25, 0.3) is 11.3 Å². The van der Waals surface area contributed by atoms with Gasteiger partial charge in [0, 0.05) is 28.4 Å². The molecule has 0 unspecified atom stereocenters. The monoisotopic (exact) mass is 382 g/mol. The molecule has 0 aliphatic carbocycles. The molecule has 0 fully saturated rings. The molecule has 1 heterocycles. The zero-order chi connectivity index (χ0) is 19.2. The zero-order valence-electron chi connectivity index (χ0n) is 15.5. The second-order valence-corrected chi connectivity index (χ2v) is 7.29. The predicted molar refractivity (Wildman–Crippen MR) is 111 cm³/mol. The van der Waals surface area contributed by atoms with Gasteiger partial charge in [-0.3, -0.25) is 4.79 Å². The van der Waals surface area contributed by atoms with Crippen LogP contribution < -0.4 is 10.6 Å². The van der Waals surface area contributed by atoms with Gasteiger partial charge in [-0.05, 0) is 48.4 Å². The van der Waals surface area contributed by atoms with Crippen LogP contribution in [0.5, 0.6) is 0 Å². The lowest BCUT2D eigenvalue weighted by molar-refractivity contribution is -0.116. The molecule has 2 aromatic carbocycles. The first-order chi connectivity index (χ1) is 13.0. The molecule has 0 aliphatic rings. The molecule has 4 nitrogen and oxygen atoms in total. The van der Waals surface area contributed by atoms with Gasteiger partial charge in [-0.1, -0.05) is 43.6 Å². The number of nitrogens with one attached hydrogen (secondary N) is 2. The molecule has 0 bridgehead atoms. The van der Waals surface area contributed by atoms with Gasteiger partial charge in [-0.15, -0.1) is 0 Å². The van der Waals surface area contributed by atoms with E-state index in [1.807, 2.05) is 74.5 Å². The van der Waals surface area contributed by atoms with Gasteiger partial charge < -0.3 is 15.1 Å². The summed E-state index contributed by atoms with van der Waals surface area (Å²) in [5.41, 5.74) is 2.64. The highest BCUT2D eigenvalue weighted by atomic mass is 35.5. The van der Waals surface area contributed by atoms with E-state index < -0.39 is 0 Å². The number of hydrogen-bond donors (Lipinski definition) is 2. The first-order valence-corrected chi connectivity index (χ1v) is 9.36. The molecule has 0 atom stereocenters. The van der Waals surface area contributed by atoms with Gasteiger partial charge >= 0.3 is 0 Å². The van der Waals surface area contributed by atoms with Crippen LogP contribution in [0.1, 0.15) is 26.0 Å². The lowest BCUT2D eigenvalue weighted by Gasteiger charge is -2.10. The van der Waals surface area contributed by atoms with Crippen LogP contribution in [0, 0.1) is 5.92 Å². The van der Waals surface area contributed by atoms with E-state index in [4.69, 9.17) is 16.0 Å². The second-order valence-electron chi connectivity index (χ2n) is 6.86. The Balaban J connectivity index is 1.60. The van der Waals surface area contributed by atoms with E-state index in [0.29, 0.717) is 23.9 Å². The van der Waals surface area contributed by atoms with Gasteiger partial charge in [0.25, 0.3) is 0 Å². The fourth-order valence-electron chi connectivity index (χ4n) is 2.75. The van der Waals surface area contributed by atoms with Crippen LogP contribution in [-0.2, 0) is 11.3 Å². The Hall–Kier alpha value is -2.72. The smallest absolute Gasteiger partial charge is 0.224 e. The largest absolute Gasteiger partial charge is 0.459 e. The number of furan rings is 1. The minimum Gasteiger partial charge on any atom is -0.459 e. The number of amides is 1. The lowest BCUT2D eigenvalue weighted by atomic mass is 10.1. The summed E-state index contributed by atoms with van der Waals surface area (Å²) >= 11 is 6.04. The van der Waals surface area contributed by atoms with Crippen molar-refractivity contribution in [2.45, 2.75) is 26.8 Å². The molecule has 0 spiro atoms. The van der Waals surface area contributed by atoms with Crippen molar-refractivity contribution in [3.63, 3.8) is 0 Å². The SMILES string of the molecule is CC(C)CC(=O)Nc1cccc(NCc2ccc(-c3cccc(Cl)c3)o2)c1. The van der Waals surface area contributed by atoms with Crippen molar-refractivity contribution in [1.29, 1.82) is 0 Å². The Morgan fingerprint density at radius 2 is 1.81 bits per heavy atom. The normalized spacial score (nSPS) is 10.8. The van der Waals surface area contributed by atoms with E-state index in [9.17, 15) is 4.79 Å². The van der Waals surface area contributed by atoms with Crippen molar-refractivity contribution in [1.82, 2.24) is 0 Å².